The zero-order valence-corrected chi connectivity index (χ0v) is 16.2. The van der Waals surface area contributed by atoms with Gasteiger partial charge in [0, 0.05) is 18.7 Å². The summed E-state index contributed by atoms with van der Waals surface area (Å²) in [5.41, 5.74) is 2.57. The van der Waals surface area contributed by atoms with E-state index in [0.717, 1.165) is 11.3 Å². The molecule has 0 radical (unpaired) electrons. The highest BCUT2D eigenvalue weighted by Crippen LogP contribution is 2.34. The van der Waals surface area contributed by atoms with Crippen LogP contribution < -0.4 is 9.62 Å². The molecule has 1 atom stereocenters. The van der Waals surface area contributed by atoms with Crippen LogP contribution in [0, 0.1) is 0 Å². The van der Waals surface area contributed by atoms with Crippen LogP contribution in [0.2, 0.25) is 0 Å². The largest absolute Gasteiger partial charge is 0.309 e. The Morgan fingerprint density at radius 2 is 1.96 bits per heavy atom. The van der Waals surface area contributed by atoms with Gasteiger partial charge in [0.05, 0.1) is 16.3 Å². The molecule has 2 aromatic carbocycles. The molecular formula is C19H19N5O3S. The first-order valence-electron chi connectivity index (χ1n) is 8.76. The van der Waals surface area contributed by atoms with Gasteiger partial charge in [0.15, 0.2) is 0 Å². The van der Waals surface area contributed by atoms with Crippen molar-refractivity contribution in [1.29, 1.82) is 0 Å². The van der Waals surface area contributed by atoms with Gasteiger partial charge >= 0.3 is 0 Å². The molecule has 1 aliphatic heterocycles. The van der Waals surface area contributed by atoms with Crippen molar-refractivity contribution < 1.29 is 13.2 Å². The summed E-state index contributed by atoms with van der Waals surface area (Å²) in [6.45, 7) is 3.46. The monoisotopic (exact) mass is 397 g/mol. The number of anilines is 2. The van der Waals surface area contributed by atoms with Crippen molar-refractivity contribution in [2.24, 2.45) is 0 Å². The predicted molar refractivity (Wildman–Crippen MR) is 105 cm³/mol. The lowest BCUT2D eigenvalue weighted by Crippen LogP contribution is -2.33. The Morgan fingerprint density at radius 3 is 2.68 bits per heavy atom. The van der Waals surface area contributed by atoms with Crippen LogP contribution in [0.1, 0.15) is 19.4 Å². The lowest BCUT2D eigenvalue weighted by molar-refractivity contribution is -0.116. The maximum Gasteiger partial charge on any atom is 0.261 e. The van der Waals surface area contributed by atoms with Crippen molar-refractivity contribution >= 4 is 27.3 Å². The quantitative estimate of drug-likeness (QED) is 0.729. The topological polar surface area (TPSA) is 97.2 Å². The van der Waals surface area contributed by atoms with E-state index in [1.54, 1.807) is 41.3 Å². The normalized spacial score (nSPS) is 16.1. The highest BCUT2D eigenvalue weighted by Gasteiger charge is 2.30. The number of sulfonamides is 1. The first-order valence-corrected chi connectivity index (χ1v) is 10.2. The summed E-state index contributed by atoms with van der Waals surface area (Å²) >= 11 is 0. The number of carbonyl (C=O) groups is 1. The third kappa shape index (κ3) is 3.13. The summed E-state index contributed by atoms with van der Waals surface area (Å²) in [7, 11) is -3.82. The molecule has 1 aliphatic rings. The molecule has 9 heteroatoms. The molecule has 144 valence electrons. The first kappa shape index (κ1) is 18.2. The highest BCUT2D eigenvalue weighted by atomic mass is 32.2. The van der Waals surface area contributed by atoms with Gasteiger partial charge in [-0.05, 0) is 49.2 Å². The van der Waals surface area contributed by atoms with Gasteiger partial charge in [-0.3, -0.25) is 9.52 Å². The fourth-order valence-electron chi connectivity index (χ4n) is 3.55. The van der Waals surface area contributed by atoms with Crippen molar-refractivity contribution in [3.8, 4) is 5.69 Å². The highest BCUT2D eigenvalue weighted by molar-refractivity contribution is 7.92. The summed E-state index contributed by atoms with van der Waals surface area (Å²) in [5, 5.41) is 4.06. The molecule has 3 aromatic rings. The van der Waals surface area contributed by atoms with Crippen LogP contribution >= 0.6 is 0 Å². The maximum absolute atomic E-state index is 13.0. The average Bonchev–Trinajstić information content (AvgIpc) is 3.27. The molecule has 2 heterocycles. The Labute approximate surface area is 162 Å². The Hall–Kier alpha value is -3.20. The number of para-hydroxylation sites is 2. The second-order valence-corrected chi connectivity index (χ2v) is 8.38. The number of carbonyl (C=O) groups excluding carboxylic acids is 1. The van der Waals surface area contributed by atoms with E-state index in [1.165, 1.54) is 30.3 Å². The molecule has 1 unspecified atom stereocenters. The van der Waals surface area contributed by atoms with E-state index in [9.17, 15) is 13.2 Å². The molecule has 0 spiro atoms. The van der Waals surface area contributed by atoms with E-state index in [-0.39, 0.29) is 16.8 Å². The van der Waals surface area contributed by atoms with Gasteiger partial charge in [0.25, 0.3) is 10.0 Å². The fraction of sp³-hybridized carbons (Fsp3) is 0.211. The third-order valence-electron chi connectivity index (χ3n) is 4.73. The number of hydrogen-bond acceptors (Lipinski definition) is 5. The molecule has 28 heavy (non-hydrogen) atoms. The molecule has 8 nitrogen and oxygen atoms in total. The third-order valence-corrected chi connectivity index (χ3v) is 6.09. The lowest BCUT2D eigenvalue weighted by atomic mass is 10.1. The van der Waals surface area contributed by atoms with Gasteiger partial charge < -0.3 is 4.90 Å². The Morgan fingerprint density at radius 1 is 1.18 bits per heavy atom. The molecule has 4 rings (SSSR count). The smallest absolute Gasteiger partial charge is 0.261 e. The Bertz CT molecular complexity index is 1140. The molecule has 0 saturated heterocycles. The van der Waals surface area contributed by atoms with E-state index < -0.39 is 10.0 Å². The SMILES string of the molecule is CC(=O)N1c2ccc(S(=O)(=O)Nc3ccccc3-n3cncn3)cc2CC1C. The van der Waals surface area contributed by atoms with Gasteiger partial charge in [0.2, 0.25) is 5.91 Å². The number of aromatic nitrogens is 3. The Balaban J connectivity index is 1.68. The maximum atomic E-state index is 13.0. The summed E-state index contributed by atoms with van der Waals surface area (Å²) in [4.78, 5) is 17.6. The van der Waals surface area contributed by atoms with E-state index in [2.05, 4.69) is 14.8 Å². The molecule has 0 aliphatic carbocycles. The van der Waals surface area contributed by atoms with Crippen molar-refractivity contribution in [3.63, 3.8) is 0 Å². The van der Waals surface area contributed by atoms with Crippen LogP contribution in [0.5, 0.6) is 0 Å². The van der Waals surface area contributed by atoms with Crippen LogP contribution in [-0.2, 0) is 21.2 Å². The van der Waals surface area contributed by atoms with Crippen LogP contribution in [0.3, 0.4) is 0 Å². The van der Waals surface area contributed by atoms with Crippen molar-refractivity contribution in [2.75, 3.05) is 9.62 Å². The minimum Gasteiger partial charge on any atom is -0.309 e. The molecule has 0 bridgehead atoms. The number of benzene rings is 2. The van der Waals surface area contributed by atoms with E-state index in [4.69, 9.17) is 0 Å². The molecule has 1 aromatic heterocycles. The zero-order chi connectivity index (χ0) is 19.9. The van der Waals surface area contributed by atoms with Crippen LogP contribution in [-0.4, -0.2) is 35.1 Å². The van der Waals surface area contributed by atoms with E-state index >= 15 is 0 Å². The van der Waals surface area contributed by atoms with Gasteiger partial charge in [-0.1, -0.05) is 12.1 Å². The van der Waals surface area contributed by atoms with Crippen LogP contribution in [0.4, 0.5) is 11.4 Å². The summed E-state index contributed by atoms with van der Waals surface area (Å²) in [6, 6.07) is 11.8. The predicted octanol–water partition coefficient (Wildman–Crippen LogP) is 2.37. The molecule has 1 N–H and O–H groups in total. The van der Waals surface area contributed by atoms with Crippen LogP contribution in [0.25, 0.3) is 5.69 Å². The minimum atomic E-state index is -3.82. The van der Waals surface area contributed by atoms with E-state index in [0.29, 0.717) is 17.8 Å². The summed E-state index contributed by atoms with van der Waals surface area (Å²) in [6.07, 6.45) is 3.50. The number of rotatable bonds is 4. The van der Waals surface area contributed by atoms with Crippen molar-refractivity contribution in [1.82, 2.24) is 14.8 Å². The minimum absolute atomic E-state index is 0.00598. The zero-order valence-electron chi connectivity index (χ0n) is 15.4. The van der Waals surface area contributed by atoms with Gasteiger partial charge in [-0.2, -0.15) is 5.10 Å². The van der Waals surface area contributed by atoms with Gasteiger partial charge in [-0.25, -0.2) is 18.1 Å². The molecule has 0 saturated carbocycles. The number of fused-ring (bicyclic) bond motifs is 1. The average molecular weight is 397 g/mol. The first-order chi connectivity index (χ1) is 13.4. The second kappa shape index (κ2) is 6.75. The van der Waals surface area contributed by atoms with Crippen molar-refractivity contribution in [3.05, 3.63) is 60.7 Å². The van der Waals surface area contributed by atoms with Gasteiger partial charge in [0.1, 0.15) is 12.7 Å². The molecular weight excluding hydrogens is 378 g/mol. The fourth-order valence-corrected chi connectivity index (χ4v) is 4.68. The molecule has 0 fully saturated rings. The number of amides is 1. The lowest BCUT2D eigenvalue weighted by Gasteiger charge is -2.20. The second-order valence-electron chi connectivity index (χ2n) is 6.70. The standard InChI is InChI=1S/C19H19N5O3S/c1-13-9-15-10-16(7-8-18(15)24(13)14(2)25)28(26,27)22-17-5-3-4-6-19(17)23-12-20-11-21-23/h3-8,10-13,22H,9H2,1-2H3. The number of hydrogen-bond donors (Lipinski definition) is 1. The van der Waals surface area contributed by atoms with E-state index in [1.807, 2.05) is 6.92 Å². The number of nitrogens with zero attached hydrogens (tertiary/aromatic N) is 4. The number of nitrogens with one attached hydrogen (secondary N) is 1. The summed E-state index contributed by atoms with van der Waals surface area (Å²) in [5.74, 6) is -0.0539. The Kier molecular flexibility index (Phi) is 4.38. The summed E-state index contributed by atoms with van der Waals surface area (Å²) < 4.78 is 30.1. The molecule has 1 amide bonds. The van der Waals surface area contributed by atoms with Crippen LogP contribution in [0.15, 0.2) is 60.0 Å². The van der Waals surface area contributed by atoms with Crippen molar-refractivity contribution in [2.45, 2.75) is 31.2 Å². The van der Waals surface area contributed by atoms with Gasteiger partial charge in [-0.15, -0.1) is 0 Å².